The quantitative estimate of drug-likeness (QED) is 0.859. The van der Waals surface area contributed by atoms with Gasteiger partial charge in [-0.2, -0.15) is 31.4 Å². The first-order valence-electron chi connectivity index (χ1n) is 5.58. The van der Waals surface area contributed by atoms with Crippen molar-refractivity contribution in [2.45, 2.75) is 12.4 Å². The number of hydrogen-bond acceptors (Lipinski definition) is 2. The molecule has 0 saturated carbocycles. The van der Waals surface area contributed by atoms with Crippen molar-refractivity contribution in [2.75, 3.05) is 0 Å². The highest BCUT2D eigenvalue weighted by Crippen LogP contribution is 2.36. The number of nitrogens with zero attached hydrogens (tertiary/aromatic N) is 2. The van der Waals surface area contributed by atoms with Crippen LogP contribution in [0.4, 0.5) is 26.3 Å². The van der Waals surface area contributed by atoms with E-state index in [0.717, 1.165) is 24.3 Å². The predicted octanol–water partition coefficient (Wildman–Crippen LogP) is 3.61. The monoisotopic (exact) mass is 324 g/mol. The molecule has 4 nitrogen and oxygen atoms in total. The number of halogens is 6. The molecule has 10 heteroatoms. The van der Waals surface area contributed by atoms with Gasteiger partial charge in [-0.1, -0.05) is 0 Å². The molecule has 2 aromatic rings. The minimum atomic E-state index is -5.05. The molecule has 0 aliphatic heterocycles. The Morgan fingerprint density at radius 3 is 1.95 bits per heavy atom. The molecule has 0 amide bonds. The van der Waals surface area contributed by atoms with Crippen LogP contribution in [-0.4, -0.2) is 20.9 Å². The predicted molar refractivity (Wildman–Crippen MR) is 60.5 cm³/mol. The summed E-state index contributed by atoms with van der Waals surface area (Å²) in [6.45, 7) is 0. The molecular weight excluding hydrogens is 318 g/mol. The van der Waals surface area contributed by atoms with Gasteiger partial charge in [-0.3, -0.25) is 0 Å². The minimum Gasteiger partial charge on any atom is -0.478 e. The van der Waals surface area contributed by atoms with Crippen molar-refractivity contribution in [3.8, 4) is 5.69 Å². The third-order valence-electron chi connectivity index (χ3n) is 2.65. The molecule has 0 atom stereocenters. The Bertz CT molecular complexity index is 700. The van der Waals surface area contributed by atoms with E-state index in [2.05, 4.69) is 5.10 Å². The van der Waals surface area contributed by atoms with Gasteiger partial charge in [0.05, 0.1) is 11.3 Å². The summed E-state index contributed by atoms with van der Waals surface area (Å²) in [5.74, 6) is -1.32. The van der Waals surface area contributed by atoms with Gasteiger partial charge in [0, 0.05) is 6.07 Å². The highest BCUT2D eigenvalue weighted by atomic mass is 19.4. The fourth-order valence-electron chi connectivity index (χ4n) is 1.66. The van der Waals surface area contributed by atoms with Gasteiger partial charge >= 0.3 is 18.3 Å². The van der Waals surface area contributed by atoms with Gasteiger partial charge in [0.1, 0.15) is 5.69 Å². The Hall–Kier alpha value is -2.52. The highest BCUT2D eigenvalue weighted by molar-refractivity contribution is 5.87. The van der Waals surface area contributed by atoms with Crippen LogP contribution in [0.5, 0.6) is 0 Å². The molecule has 0 fully saturated rings. The van der Waals surface area contributed by atoms with Gasteiger partial charge < -0.3 is 5.11 Å². The fraction of sp³-hybridized carbons (Fsp3) is 0.167. The molecule has 0 aliphatic carbocycles. The zero-order chi connectivity index (χ0) is 16.7. The Kier molecular flexibility index (Phi) is 3.63. The standard InChI is InChI=1S/C12H6F6N2O2/c13-11(14,15)8-5-9(12(16,17)18)20(19-8)7-3-1-6(2-4-7)10(21)22/h1-5H,(H,21,22). The largest absolute Gasteiger partial charge is 0.478 e. The average Bonchev–Trinajstić information content (AvgIpc) is 2.83. The molecule has 0 bridgehead atoms. The smallest absolute Gasteiger partial charge is 0.435 e. The maximum atomic E-state index is 12.8. The summed E-state index contributed by atoms with van der Waals surface area (Å²) >= 11 is 0. The van der Waals surface area contributed by atoms with E-state index in [-0.39, 0.29) is 22.0 Å². The summed E-state index contributed by atoms with van der Waals surface area (Å²) in [6, 6.07) is 3.70. The van der Waals surface area contributed by atoms with Crippen LogP contribution in [0.15, 0.2) is 30.3 Å². The number of rotatable bonds is 2. The van der Waals surface area contributed by atoms with Crippen molar-refractivity contribution >= 4 is 5.97 Å². The number of benzene rings is 1. The fourth-order valence-corrected chi connectivity index (χ4v) is 1.66. The summed E-state index contributed by atoms with van der Waals surface area (Å²) in [6.07, 6.45) is -10.1. The van der Waals surface area contributed by atoms with E-state index in [4.69, 9.17) is 5.11 Å². The number of carboxylic acids is 1. The summed E-state index contributed by atoms with van der Waals surface area (Å²) in [5.41, 5.74) is -3.86. The summed E-state index contributed by atoms with van der Waals surface area (Å²) in [5, 5.41) is 11.6. The molecule has 1 aromatic heterocycles. The first-order chi connectivity index (χ1) is 10.00. The Morgan fingerprint density at radius 1 is 1.00 bits per heavy atom. The molecule has 0 unspecified atom stereocenters. The first-order valence-corrected chi connectivity index (χ1v) is 5.58. The number of alkyl halides is 6. The topological polar surface area (TPSA) is 55.1 Å². The second kappa shape index (κ2) is 5.04. The molecule has 0 spiro atoms. The van der Waals surface area contributed by atoms with Crippen LogP contribution >= 0.6 is 0 Å². The minimum absolute atomic E-state index is 0.0778. The lowest BCUT2D eigenvalue weighted by Gasteiger charge is -2.10. The van der Waals surface area contributed by atoms with E-state index >= 15 is 0 Å². The van der Waals surface area contributed by atoms with Crippen molar-refractivity contribution in [2.24, 2.45) is 0 Å². The van der Waals surface area contributed by atoms with Crippen LogP contribution in [0.1, 0.15) is 21.7 Å². The van der Waals surface area contributed by atoms with Crippen LogP contribution in [0, 0.1) is 0 Å². The zero-order valence-electron chi connectivity index (χ0n) is 10.4. The molecule has 1 heterocycles. The third-order valence-corrected chi connectivity index (χ3v) is 2.65. The molecule has 118 valence electrons. The maximum absolute atomic E-state index is 12.8. The normalized spacial score (nSPS) is 12.5. The van der Waals surface area contributed by atoms with E-state index in [1.54, 1.807) is 0 Å². The number of aromatic carboxylic acids is 1. The number of carbonyl (C=O) groups is 1. The number of carboxylic acid groups (broad SMARTS) is 1. The van der Waals surface area contributed by atoms with E-state index in [9.17, 15) is 31.1 Å². The molecule has 0 radical (unpaired) electrons. The molecule has 22 heavy (non-hydrogen) atoms. The number of hydrogen-bond donors (Lipinski definition) is 1. The molecule has 0 aliphatic rings. The van der Waals surface area contributed by atoms with E-state index in [0.29, 0.717) is 0 Å². The van der Waals surface area contributed by atoms with E-state index < -0.39 is 29.7 Å². The van der Waals surface area contributed by atoms with Crippen LogP contribution in [-0.2, 0) is 12.4 Å². The molecule has 1 N–H and O–H groups in total. The second-order valence-electron chi connectivity index (χ2n) is 4.17. The lowest BCUT2D eigenvalue weighted by molar-refractivity contribution is -0.143. The molecular formula is C12H6F6N2O2. The summed E-state index contributed by atoms with van der Waals surface area (Å²) in [4.78, 5) is 10.7. The lowest BCUT2D eigenvalue weighted by atomic mass is 10.2. The van der Waals surface area contributed by atoms with Crippen molar-refractivity contribution in [3.63, 3.8) is 0 Å². The van der Waals surface area contributed by atoms with Crippen molar-refractivity contribution < 1.29 is 36.2 Å². The second-order valence-corrected chi connectivity index (χ2v) is 4.17. The SMILES string of the molecule is O=C(O)c1ccc(-n2nc(C(F)(F)F)cc2C(F)(F)F)cc1. The number of aromatic nitrogens is 2. The Labute approximate surface area is 118 Å². The van der Waals surface area contributed by atoms with Gasteiger partial charge in [-0.05, 0) is 24.3 Å². The summed E-state index contributed by atoms with van der Waals surface area (Å²) < 4.78 is 76.1. The van der Waals surface area contributed by atoms with Crippen molar-refractivity contribution in [1.29, 1.82) is 0 Å². The van der Waals surface area contributed by atoms with E-state index in [1.165, 1.54) is 0 Å². The van der Waals surface area contributed by atoms with Crippen molar-refractivity contribution in [1.82, 2.24) is 9.78 Å². The molecule has 0 saturated heterocycles. The van der Waals surface area contributed by atoms with Crippen LogP contribution in [0.25, 0.3) is 5.69 Å². The van der Waals surface area contributed by atoms with Gasteiger partial charge in [0.15, 0.2) is 5.69 Å². The average molecular weight is 324 g/mol. The Morgan fingerprint density at radius 2 is 1.55 bits per heavy atom. The Balaban J connectivity index is 2.58. The van der Waals surface area contributed by atoms with Crippen LogP contribution in [0.3, 0.4) is 0 Å². The van der Waals surface area contributed by atoms with E-state index in [1.807, 2.05) is 0 Å². The van der Waals surface area contributed by atoms with Gasteiger partial charge in [-0.25, -0.2) is 9.48 Å². The van der Waals surface area contributed by atoms with Crippen LogP contribution in [0.2, 0.25) is 0 Å². The molecule has 1 aromatic carbocycles. The first kappa shape index (κ1) is 15.9. The van der Waals surface area contributed by atoms with Crippen LogP contribution < -0.4 is 0 Å². The molecule has 2 rings (SSSR count). The summed E-state index contributed by atoms with van der Waals surface area (Å²) in [7, 11) is 0. The maximum Gasteiger partial charge on any atom is 0.435 e. The van der Waals surface area contributed by atoms with Crippen molar-refractivity contribution in [3.05, 3.63) is 47.3 Å². The van der Waals surface area contributed by atoms with Gasteiger partial charge in [-0.15, -0.1) is 0 Å². The third kappa shape index (κ3) is 3.05. The van der Waals surface area contributed by atoms with Gasteiger partial charge in [0.2, 0.25) is 0 Å². The van der Waals surface area contributed by atoms with Gasteiger partial charge in [0.25, 0.3) is 0 Å². The highest BCUT2D eigenvalue weighted by Gasteiger charge is 2.42. The zero-order valence-corrected chi connectivity index (χ0v) is 10.4. The lowest BCUT2D eigenvalue weighted by Crippen LogP contribution is -2.13.